The Morgan fingerprint density at radius 1 is 1.36 bits per heavy atom. The van der Waals surface area contributed by atoms with Gasteiger partial charge in [-0.15, -0.1) is 0 Å². The molecule has 1 fully saturated rings. The Balaban J connectivity index is 2.17. The normalized spacial score (nSPS) is 29.8. The Bertz CT molecular complexity index is 146. The maximum Gasteiger partial charge on any atom is 0.0197 e. The van der Waals surface area contributed by atoms with Gasteiger partial charge in [-0.3, -0.25) is 0 Å². The summed E-state index contributed by atoms with van der Waals surface area (Å²) in [6, 6.07) is 0.725. The zero-order chi connectivity index (χ0) is 10.6. The zero-order valence-corrected chi connectivity index (χ0v) is 10.2. The van der Waals surface area contributed by atoms with Crippen molar-refractivity contribution in [2.24, 2.45) is 11.8 Å². The first-order valence-electron chi connectivity index (χ1n) is 6.00. The summed E-state index contributed by atoms with van der Waals surface area (Å²) >= 11 is 0. The fourth-order valence-electron chi connectivity index (χ4n) is 2.34. The number of likely N-dealkylation sites (tertiary alicyclic amines) is 1. The average Bonchev–Trinajstić information content (AvgIpc) is 2.01. The molecule has 0 saturated carbocycles. The zero-order valence-electron chi connectivity index (χ0n) is 10.2. The van der Waals surface area contributed by atoms with Gasteiger partial charge < -0.3 is 10.2 Å². The largest absolute Gasteiger partial charge is 0.313 e. The second kappa shape index (κ2) is 5.72. The highest BCUT2D eigenvalue weighted by atomic mass is 15.1. The van der Waals surface area contributed by atoms with Crippen LogP contribution in [-0.4, -0.2) is 37.6 Å². The molecule has 1 rings (SSSR count). The van der Waals surface area contributed by atoms with Gasteiger partial charge in [0.05, 0.1) is 0 Å². The second-order valence-corrected chi connectivity index (χ2v) is 5.40. The lowest BCUT2D eigenvalue weighted by Gasteiger charge is -2.34. The predicted octanol–water partition coefficient (Wildman–Crippen LogP) is 1.96. The molecule has 0 aromatic rings. The van der Waals surface area contributed by atoms with E-state index in [2.05, 4.69) is 38.0 Å². The summed E-state index contributed by atoms with van der Waals surface area (Å²) in [4.78, 5) is 2.45. The minimum atomic E-state index is 0.725. The molecule has 0 radical (unpaired) electrons. The van der Waals surface area contributed by atoms with Crippen molar-refractivity contribution in [3.63, 3.8) is 0 Å². The molecule has 2 heteroatoms. The molecule has 1 heterocycles. The Hall–Kier alpha value is -0.0800. The predicted molar refractivity (Wildman–Crippen MR) is 62.5 cm³/mol. The van der Waals surface area contributed by atoms with E-state index in [1.165, 1.54) is 32.5 Å². The molecule has 14 heavy (non-hydrogen) atoms. The van der Waals surface area contributed by atoms with Crippen LogP contribution >= 0.6 is 0 Å². The fraction of sp³-hybridized carbons (Fsp3) is 1.00. The quantitative estimate of drug-likeness (QED) is 0.743. The number of nitrogens with zero attached hydrogens (tertiary/aromatic N) is 1. The Labute approximate surface area is 89.1 Å². The topological polar surface area (TPSA) is 15.3 Å². The SMILES string of the molecule is CC(C)CCNC1CC(C)CN(C)C1. The van der Waals surface area contributed by atoms with E-state index in [4.69, 9.17) is 0 Å². The molecule has 1 aliphatic heterocycles. The number of rotatable bonds is 4. The van der Waals surface area contributed by atoms with Crippen molar-refractivity contribution in [3.05, 3.63) is 0 Å². The highest BCUT2D eigenvalue weighted by Gasteiger charge is 2.21. The lowest BCUT2D eigenvalue weighted by atomic mass is 9.96. The number of likely N-dealkylation sites (N-methyl/N-ethyl adjacent to an activating group) is 1. The van der Waals surface area contributed by atoms with Crippen LogP contribution < -0.4 is 5.32 Å². The maximum atomic E-state index is 3.67. The first-order chi connectivity index (χ1) is 6.58. The summed E-state index contributed by atoms with van der Waals surface area (Å²) in [5.41, 5.74) is 0. The molecule has 2 nitrogen and oxygen atoms in total. The summed E-state index contributed by atoms with van der Waals surface area (Å²) < 4.78 is 0. The van der Waals surface area contributed by atoms with E-state index in [1.807, 2.05) is 0 Å². The minimum Gasteiger partial charge on any atom is -0.313 e. The van der Waals surface area contributed by atoms with Crippen LogP contribution in [-0.2, 0) is 0 Å². The third kappa shape index (κ3) is 4.43. The molecule has 84 valence electrons. The van der Waals surface area contributed by atoms with Gasteiger partial charge in [0.25, 0.3) is 0 Å². The number of piperidine rings is 1. The summed E-state index contributed by atoms with van der Waals surface area (Å²) in [5.74, 6) is 1.67. The Morgan fingerprint density at radius 2 is 2.07 bits per heavy atom. The number of nitrogens with one attached hydrogen (secondary N) is 1. The first kappa shape index (κ1) is 12.0. The Morgan fingerprint density at radius 3 is 2.64 bits per heavy atom. The maximum absolute atomic E-state index is 3.67. The van der Waals surface area contributed by atoms with Crippen LogP contribution in [0.5, 0.6) is 0 Å². The summed E-state index contributed by atoms with van der Waals surface area (Å²) in [6.07, 6.45) is 2.65. The molecule has 1 saturated heterocycles. The van der Waals surface area contributed by atoms with Crippen LogP contribution in [0.3, 0.4) is 0 Å². The minimum absolute atomic E-state index is 0.725. The average molecular weight is 198 g/mol. The molecule has 0 amide bonds. The van der Waals surface area contributed by atoms with Gasteiger partial charge in [0, 0.05) is 19.1 Å². The van der Waals surface area contributed by atoms with Crippen LogP contribution in [0, 0.1) is 11.8 Å². The van der Waals surface area contributed by atoms with Crippen LogP contribution in [0.1, 0.15) is 33.6 Å². The molecule has 0 aliphatic carbocycles. The van der Waals surface area contributed by atoms with Crippen molar-refractivity contribution in [1.29, 1.82) is 0 Å². The van der Waals surface area contributed by atoms with Crippen molar-refractivity contribution in [2.45, 2.75) is 39.7 Å². The molecular formula is C12H26N2. The molecule has 2 atom stereocenters. The molecule has 0 bridgehead atoms. The van der Waals surface area contributed by atoms with E-state index in [9.17, 15) is 0 Å². The van der Waals surface area contributed by atoms with Gasteiger partial charge in [-0.25, -0.2) is 0 Å². The Kier molecular flexibility index (Phi) is 4.90. The van der Waals surface area contributed by atoms with Crippen LogP contribution in [0.15, 0.2) is 0 Å². The molecule has 0 spiro atoms. The van der Waals surface area contributed by atoms with Crippen LogP contribution in [0.2, 0.25) is 0 Å². The standard InChI is InChI=1S/C12H26N2/c1-10(2)5-6-13-12-7-11(3)8-14(4)9-12/h10-13H,5-9H2,1-4H3. The smallest absolute Gasteiger partial charge is 0.0197 e. The highest BCUT2D eigenvalue weighted by molar-refractivity contribution is 4.79. The van der Waals surface area contributed by atoms with Gasteiger partial charge in [0.15, 0.2) is 0 Å². The van der Waals surface area contributed by atoms with E-state index in [0.29, 0.717) is 0 Å². The van der Waals surface area contributed by atoms with Gasteiger partial charge in [0.1, 0.15) is 0 Å². The summed E-state index contributed by atoms with van der Waals surface area (Å²) in [7, 11) is 2.23. The number of hydrogen-bond acceptors (Lipinski definition) is 2. The summed E-state index contributed by atoms with van der Waals surface area (Å²) in [6.45, 7) is 10.6. The number of hydrogen-bond donors (Lipinski definition) is 1. The van der Waals surface area contributed by atoms with Gasteiger partial charge >= 0.3 is 0 Å². The van der Waals surface area contributed by atoms with E-state index in [1.54, 1.807) is 0 Å². The van der Waals surface area contributed by atoms with Crippen molar-refractivity contribution < 1.29 is 0 Å². The molecular weight excluding hydrogens is 172 g/mol. The van der Waals surface area contributed by atoms with Crippen molar-refractivity contribution in [3.8, 4) is 0 Å². The third-order valence-corrected chi connectivity index (χ3v) is 3.00. The van der Waals surface area contributed by atoms with Gasteiger partial charge in [-0.1, -0.05) is 20.8 Å². The lowest BCUT2D eigenvalue weighted by Crippen LogP contribution is -2.47. The van der Waals surface area contributed by atoms with Crippen molar-refractivity contribution in [1.82, 2.24) is 10.2 Å². The molecule has 0 aromatic heterocycles. The third-order valence-electron chi connectivity index (χ3n) is 3.00. The van der Waals surface area contributed by atoms with Gasteiger partial charge in [0.2, 0.25) is 0 Å². The van der Waals surface area contributed by atoms with E-state index in [0.717, 1.165) is 17.9 Å². The van der Waals surface area contributed by atoms with Crippen molar-refractivity contribution >= 4 is 0 Å². The van der Waals surface area contributed by atoms with Gasteiger partial charge in [-0.2, -0.15) is 0 Å². The second-order valence-electron chi connectivity index (χ2n) is 5.40. The van der Waals surface area contributed by atoms with Crippen molar-refractivity contribution in [2.75, 3.05) is 26.7 Å². The molecule has 2 unspecified atom stereocenters. The molecule has 0 aromatic carbocycles. The first-order valence-corrected chi connectivity index (χ1v) is 6.00. The summed E-state index contributed by atoms with van der Waals surface area (Å²) in [5, 5.41) is 3.67. The van der Waals surface area contributed by atoms with Gasteiger partial charge in [-0.05, 0) is 38.3 Å². The lowest BCUT2D eigenvalue weighted by molar-refractivity contribution is 0.178. The van der Waals surface area contributed by atoms with E-state index >= 15 is 0 Å². The fourth-order valence-corrected chi connectivity index (χ4v) is 2.34. The highest BCUT2D eigenvalue weighted by Crippen LogP contribution is 2.14. The monoisotopic (exact) mass is 198 g/mol. The van der Waals surface area contributed by atoms with E-state index < -0.39 is 0 Å². The van der Waals surface area contributed by atoms with Crippen LogP contribution in [0.4, 0.5) is 0 Å². The van der Waals surface area contributed by atoms with E-state index in [-0.39, 0.29) is 0 Å². The van der Waals surface area contributed by atoms with Crippen LogP contribution in [0.25, 0.3) is 0 Å². The molecule has 1 N–H and O–H groups in total. The molecule has 1 aliphatic rings.